The second-order valence-corrected chi connectivity index (χ2v) is 13.1. The van der Waals surface area contributed by atoms with Crippen molar-refractivity contribution in [3.63, 3.8) is 0 Å². The standard InChI is InChI=1S/C47H27N3/c1-49-37-12-7-11-34(26-37)36-24-22-32-20-19-31-21-23-35(33-10-6-9-30(25-33)29-48)27-42(31)47(43(32)28-36)40-15-3-5-18-45(40)50-44-17-4-2-13-38(44)39-14-8-16-41(47)46(39)50/h2-28H. The molecule has 3 nitrogen and oxygen atoms in total. The van der Waals surface area contributed by atoms with E-state index in [0.29, 0.717) is 11.3 Å². The van der Waals surface area contributed by atoms with Gasteiger partial charge in [0.05, 0.1) is 40.3 Å². The van der Waals surface area contributed by atoms with Gasteiger partial charge in [-0.3, -0.25) is 0 Å². The van der Waals surface area contributed by atoms with Crippen LogP contribution in [0.15, 0.2) is 152 Å². The molecule has 0 saturated heterocycles. The molecule has 1 atom stereocenters. The molecule has 1 aliphatic carbocycles. The molecule has 1 aliphatic heterocycles. The second-order valence-electron chi connectivity index (χ2n) is 13.1. The van der Waals surface area contributed by atoms with E-state index in [-0.39, 0.29) is 0 Å². The normalized spacial score (nSPS) is 15.2. The van der Waals surface area contributed by atoms with Crippen LogP contribution < -0.4 is 0 Å². The number of benzene rings is 7. The highest BCUT2D eigenvalue weighted by Crippen LogP contribution is 2.57. The van der Waals surface area contributed by atoms with Gasteiger partial charge in [-0.15, -0.1) is 0 Å². The van der Waals surface area contributed by atoms with Crippen LogP contribution in [0.2, 0.25) is 0 Å². The van der Waals surface area contributed by atoms with Gasteiger partial charge in [-0.25, -0.2) is 4.85 Å². The van der Waals surface area contributed by atoms with Crippen LogP contribution in [-0.2, 0) is 5.41 Å². The van der Waals surface area contributed by atoms with Crippen molar-refractivity contribution in [2.75, 3.05) is 0 Å². The molecule has 0 fully saturated rings. The van der Waals surface area contributed by atoms with E-state index < -0.39 is 5.41 Å². The molecular formula is C47H27N3. The van der Waals surface area contributed by atoms with Gasteiger partial charge >= 0.3 is 0 Å². The predicted octanol–water partition coefficient (Wildman–Crippen LogP) is 11.7. The molecule has 50 heavy (non-hydrogen) atoms. The van der Waals surface area contributed by atoms with E-state index in [9.17, 15) is 5.26 Å². The number of nitrogens with zero attached hydrogens (tertiary/aromatic N) is 3. The van der Waals surface area contributed by atoms with E-state index >= 15 is 0 Å². The Bertz CT molecular complexity index is 2740. The highest BCUT2D eigenvalue weighted by Gasteiger charge is 2.48. The molecule has 8 aromatic rings. The van der Waals surface area contributed by atoms with Crippen molar-refractivity contribution >= 4 is 39.6 Å². The number of hydrogen-bond acceptors (Lipinski definition) is 1. The molecule has 2 heterocycles. The molecule has 0 radical (unpaired) electrons. The van der Waals surface area contributed by atoms with Gasteiger partial charge in [0.2, 0.25) is 0 Å². The topological polar surface area (TPSA) is 33.1 Å². The maximum Gasteiger partial charge on any atom is 0.187 e. The number of hydrogen-bond donors (Lipinski definition) is 0. The molecule has 230 valence electrons. The first-order chi connectivity index (χ1) is 24.7. The van der Waals surface area contributed by atoms with Gasteiger partial charge in [0.15, 0.2) is 5.69 Å². The van der Waals surface area contributed by atoms with Crippen LogP contribution in [-0.4, -0.2) is 4.57 Å². The van der Waals surface area contributed by atoms with E-state index in [4.69, 9.17) is 6.57 Å². The molecule has 1 aromatic heterocycles. The van der Waals surface area contributed by atoms with Gasteiger partial charge in [0, 0.05) is 10.8 Å². The first-order valence-corrected chi connectivity index (χ1v) is 16.8. The zero-order valence-electron chi connectivity index (χ0n) is 26.9. The monoisotopic (exact) mass is 633 g/mol. The summed E-state index contributed by atoms with van der Waals surface area (Å²) in [6.45, 7) is 7.69. The summed E-state index contributed by atoms with van der Waals surface area (Å²) in [4.78, 5) is 3.74. The van der Waals surface area contributed by atoms with Gasteiger partial charge < -0.3 is 4.57 Å². The second kappa shape index (κ2) is 10.5. The Labute approximate surface area is 290 Å². The zero-order valence-corrected chi connectivity index (χ0v) is 26.9. The average molecular weight is 634 g/mol. The van der Waals surface area contributed by atoms with Crippen molar-refractivity contribution in [2.24, 2.45) is 0 Å². The maximum absolute atomic E-state index is 9.77. The van der Waals surface area contributed by atoms with Crippen LogP contribution >= 0.6 is 0 Å². The first-order valence-electron chi connectivity index (χ1n) is 16.8. The summed E-state index contributed by atoms with van der Waals surface area (Å²) >= 11 is 0. The summed E-state index contributed by atoms with van der Waals surface area (Å²) in [6.07, 6.45) is 4.51. The van der Waals surface area contributed by atoms with Crippen LogP contribution in [0.25, 0.3) is 66.7 Å². The molecule has 7 aromatic carbocycles. The Morgan fingerprint density at radius 1 is 0.540 bits per heavy atom. The number of nitriles is 1. The third kappa shape index (κ3) is 3.78. The molecule has 0 N–H and O–H groups in total. The van der Waals surface area contributed by atoms with Crippen molar-refractivity contribution < 1.29 is 0 Å². The Hall–Kier alpha value is -6.94. The molecule has 1 spiro atoms. The fourth-order valence-corrected chi connectivity index (χ4v) is 8.54. The smallest absolute Gasteiger partial charge is 0.187 e. The van der Waals surface area contributed by atoms with Crippen LogP contribution in [0.4, 0.5) is 5.69 Å². The summed E-state index contributed by atoms with van der Waals surface area (Å²) in [5, 5.41) is 12.2. The largest absolute Gasteiger partial charge is 0.309 e. The lowest BCUT2D eigenvalue weighted by atomic mass is 9.61. The van der Waals surface area contributed by atoms with Gasteiger partial charge in [-0.1, -0.05) is 121 Å². The molecule has 0 amide bonds. The number of fused-ring (bicyclic) bond motifs is 11. The van der Waals surface area contributed by atoms with Crippen LogP contribution in [0, 0.1) is 17.9 Å². The zero-order chi connectivity index (χ0) is 33.4. The molecule has 1 unspecified atom stereocenters. The summed E-state index contributed by atoms with van der Waals surface area (Å²) in [7, 11) is 0. The van der Waals surface area contributed by atoms with Crippen LogP contribution in [0.5, 0.6) is 0 Å². The predicted molar refractivity (Wildman–Crippen MR) is 203 cm³/mol. The van der Waals surface area contributed by atoms with Crippen LogP contribution in [0.3, 0.4) is 0 Å². The molecule has 0 saturated carbocycles. The average Bonchev–Trinajstić information content (AvgIpc) is 3.45. The van der Waals surface area contributed by atoms with E-state index in [1.165, 1.54) is 44.1 Å². The molecular weight excluding hydrogens is 607 g/mol. The lowest BCUT2D eigenvalue weighted by Crippen LogP contribution is -2.36. The number of aromatic nitrogens is 1. The maximum atomic E-state index is 9.77. The van der Waals surface area contributed by atoms with E-state index in [0.717, 1.165) is 39.1 Å². The fraction of sp³-hybridized carbons (Fsp3) is 0.0213. The van der Waals surface area contributed by atoms with Gasteiger partial charge in [0.1, 0.15) is 0 Å². The van der Waals surface area contributed by atoms with E-state index in [1.807, 2.05) is 36.4 Å². The van der Waals surface area contributed by atoms with Crippen molar-refractivity contribution in [1.29, 1.82) is 5.26 Å². The lowest BCUT2D eigenvalue weighted by Gasteiger charge is -2.43. The number of para-hydroxylation sites is 3. The highest BCUT2D eigenvalue weighted by molar-refractivity contribution is 6.12. The summed E-state index contributed by atoms with van der Waals surface area (Å²) < 4.78 is 2.46. The van der Waals surface area contributed by atoms with Crippen molar-refractivity contribution in [3.05, 3.63) is 202 Å². The minimum absolute atomic E-state index is 0.624. The van der Waals surface area contributed by atoms with Crippen LogP contribution in [0.1, 0.15) is 38.9 Å². The minimum Gasteiger partial charge on any atom is -0.309 e. The van der Waals surface area contributed by atoms with E-state index in [1.54, 1.807) is 0 Å². The Morgan fingerprint density at radius 3 is 1.92 bits per heavy atom. The summed E-state index contributed by atoms with van der Waals surface area (Å²) in [6, 6.07) is 56.1. The Morgan fingerprint density at radius 2 is 1.16 bits per heavy atom. The quantitative estimate of drug-likeness (QED) is 0.174. The van der Waals surface area contributed by atoms with E-state index in [2.05, 4.69) is 143 Å². The third-order valence-corrected chi connectivity index (χ3v) is 10.6. The minimum atomic E-state index is -0.703. The van der Waals surface area contributed by atoms with Crippen molar-refractivity contribution in [1.82, 2.24) is 4.57 Å². The SMILES string of the molecule is [C-]#[N+]c1cccc(-c2ccc3c(c2)C2(c4cc(-c5cccc(C#N)c5)ccc4C=C3)c3ccccc3-n3c4ccccc4c4cccc2c43)c1. The van der Waals surface area contributed by atoms with Gasteiger partial charge in [-0.2, -0.15) is 5.26 Å². The van der Waals surface area contributed by atoms with Crippen molar-refractivity contribution in [2.45, 2.75) is 5.41 Å². The summed E-state index contributed by atoms with van der Waals surface area (Å²) in [5.74, 6) is 0. The first kappa shape index (κ1) is 28.1. The molecule has 2 aliphatic rings. The molecule has 0 bridgehead atoms. The third-order valence-electron chi connectivity index (χ3n) is 10.6. The Kier molecular flexibility index (Phi) is 5.92. The summed E-state index contributed by atoms with van der Waals surface area (Å²) in [5.41, 5.74) is 15.4. The highest BCUT2D eigenvalue weighted by atomic mass is 15.0. The number of rotatable bonds is 2. The Balaban J connectivity index is 1.40. The van der Waals surface area contributed by atoms with Gasteiger partial charge in [-0.05, 0) is 98.1 Å². The lowest BCUT2D eigenvalue weighted by molar-refractivity contribution is 0.726. The fourth-order valence-electron chi connectivity index (χ4n) is 8.54. The van der Waals surface area contributed by atoms with Gasteiger partial charge in [0.25, 0.3) is 0 Å². The van der Waals surface area contributed by atoms with Crippen molar-refractivity contribution in [3.8, 4) is 34.0 Å². The molecule has 10 rings (SSSR count). The molecule has 3 heteroatoms.